The number of aliphatic carboxylic acids is 1. The van der Waals surface area contributed by atoms with Gasteiger partial charge in [-0.1, -0.05) is 0 Å². The lowest BCUT2D eigenvalue weighted by Gasteiger charge is -2.36. The SMILES string of the molecule is CC(C(=O)O)N1CCN(C(=O)NC2C=CS(=O)(=O)C2)CC1. The highest BCUT2D eigenvalue weighted by Gasteiger charge is 2.29. The molecule has 2 N–H and O–H groups in total. The molecule has 0 aromatic heterocycles. The van der Waals surface area contributed by atoms with Crippen molar-refractivity contribution in [3.05, 3.63) is 11.5 Å². The van der Waals surface area contributed by atoms with E-state index in [0.29, 0.717) is 26.2 Å². The zero-order valence-corrected chi connectivity index (χ0v) is 12.5. The Hall–Kier alpha value is -1.61. The van der Waals surface area contributed by atoms with Gasteiger partial charge in [0, 0.05) is 31.6 Å². The molecule has 0 bridgehead atoms. The summed E-state index contributed by atoms with van der Waals surface area (Å²) in [6.07, 6.45) is 1.47. The Labute approximate surface area is 123 Å². The molecule has 2 aliphatic rings. The summed E-state index contributed by atoms with van der Waals surface area (Å²) in [6.45, 7) is 3.44. The van der Waals surface area contributed by atoms with E-state index in [4.69, 9.17) is 5.11 Å². The molecule has 0 aliphatic carbocycles. The molecule has 0 aromatic carbocycles. The maximum atomic E-state index is 12.0. The monoisotopic (exact) mass is 317 g/mol. The summed E-state index contributed by atoms with van der Waals surface area (Å²) in [7, 11) is -3.19. The summed E-state index contributed by atoms with van der Waals surface area (Å²) < 4.78 is 22.5. The highest BCUT2D eigenvalue weighted by molar-refractivity contribution is 7.94. The molecule has 2 rings (SSSR count). The predicted octanol–water partition coefficient (Wildman–Crippen LogP) is -0.903. The van der Waals surface area contributed by atoms with Crippen LogP contribution in [0.3, 0.4) is 0 Å². The average molecular weight is 317 g/mol. The first kappa shape index (κ1) is 15.8. The minimum Gasteiger partial charge on any atom is -0.480 e. The van der Waals surface area contributed by atoms with Crippen molar-refractivity contribution in [1.29, 1.82) is 0 Å². The van der Waals surface area contributed by atoms with Crippen LogP contribution in [-0.4, -0.2) is 79.3 Å². The number of carboxylic acid groups (broad SMARTS) is 1. The molecule has 0 saturated carbocycles. The zero-order valence-electron chi connectivity index (χ0n) is 11.7. The van der Waals surface area contributed by atoms with Crippen LogP contribution >= 0.6 is 0 Å². The van der Waals surface area contributed by atoms with Gasteiger partial charge < -0.3 is 15.3 Å². The largest absolute Gasteiger partial charge is 0.480 e. The molecular weight excluding hydrogens is 298 g/mol. The van der Waals surface area contributed by atoms with Crippen LogP contribution in [0.4, 0.5) is 4.79 Å². The van der Waals surface area contributed by atoms with Gasteiger partial charge in [0.1, 0.15) is 6.04 Å². The van der Waals surface area contributed by atoms with E-state index in [2.05, 4.69) is 5.32 Å². The number of nitrogens with one attached hydrogen (secondary N) is 1. The van der Waals surface area contributed by atoms with E-state index in [1.165, 1.54) is 6.08 Å². The van der Waals surface area contributed by atoms with Crippen molar-refractivity contribution in [3.8, 4) is 0 Å². The van der Waals surface area contributed by atoms with Crippen LogP contribution in [-0.2, 0) is 14.6 Å². The summed E-state index contributed by atoms with van der Waals surface area (Å²) in [5.41, 5.74) is 0. The molecule has 9 heteroatoms. The lowest BCUT2D eigenvalue weighted by atomic mass is 10.2. The number of hydrogen-bond donors (Lipinski definition) is 2. The van der Waals surface area contributed by atoms with Gasteiger partial charge in [-0.05, 0) is 13.0 Å². The summed E-state index contributed by atoms with van der Waals surface area (Å²) in [6, 6.07) is -1.37. The van der Waals surface area contributed by atoms with Gasteiger partial charge in [0.15, 0.2) is 9.84 Å². The van der Waals surface area contributed by atoms with Crippen LogP contribution in [0.1, 0.15) is 6.92 Å². The molecule has 2 unspecified atom stereocenters. The van der Waals surface area contributed by atoms with Crippen LogP contribution in [0.5, 0.6) is 0 Å². The molecular formula is C12H19N3O5S. The smallest absolute Gasteiger partial charge is 0.320 e. The number of carboxylic acids is 1. The summed E-state index contributed by atoms with van der Waals surface area (Å²) >= 11 is 0. The fraction of sp³-hybridized carbons (Fsp3) is 0.667. The molecule has 0 spiro atoms. The maximum absolute atomic E-state index is 12.0. The van der Waals surface area contributed by atoms with E-state index < -0.39 is 27.9 Å². The lowest BCUT2D eigenvalue weighted by molar-refractivity contribution is -0.143. The topological polar surface area (TPSA) is 107 Å². The number of amides is 2. The van der Waals surface area contributed by atoms with E-state index in [1.54, 1.807) is 16.7 Å². The van der Waals surface area contributed by atoms with Crippen LogP contribution in [0.15, 0.2) is 11.5 Å². The standard InChI is InChI=1S/C12H19N3O5S/c1-9(11(16)17)14-3-5-15(6-4-14)12(18)13-10-2-7-21(19,20)8-10/h2,7,9-10H,3-6,8H2,1H3,(H,13,18)(H,16,17). The molecule has 2 amide bonds. The molecule has 21 heavy (non-hydrogen) atoms. The van der Waals surface area contributed by atoms with Crippen molar-refractivity contribution in [2.24, 2.45) is 0 Å². The third kappa shape index (κ3) is 3.94. The second kappa shape index (κ2) is 6.02. The van der Waals surface area contributed by atoms with Gasteiger partial charge in [-0.25, -0.2) is 13.2 Å². The summed E-state index contributed by atoms with van der Waals surface area (Å²) in [5, 5.41) is 12.7. The molecule has 2 heterocycles. The van der Waals surface area contributed by atoms with Crippen LogP contribution < -0.4 is 5.32 Å². The first-order valence-electron chi connectivity index (χ1n) is 6.72. The minimum atomic E-state index is -3.19. The molecule has 118 valence electrons. The van der Waals surface area contributed by atoms with E-state index >= 15 is 0 Å². The van der Waals surface area contributed by atoms with Crippen LogP contribution in [0.2, 0.25) is 0 Å². The Morgan fingerprint density at radius 2 is 1.90 bits per heavy atom. The molecule has 1 saturated heterocycles. The second-order valence-corrected chi connectivity index (χ2v) is 7.18. The van der Waals surface area contributed by atoms with E-state index in [0.717, 1.165) is 5.41 Å². The number of carbonyl (C=O) groups excluding carboxylic acids is 1. The average Bonchev–Trinajstić information content (AvgIpc) is 2.77. The van der Waals surface area contributed by atoms with E-state index in [-0.39, 0.29) is 11.8 Å². The van der Waals surface area contributed by atoms with Crippen molar-refractivity contribution in [2.45, 2.75) is 19.0 Å². The number of nitrogens with zero attached hydrogens (tertiary/aromatic N) is 2. The Morgan fingerprint density at radius 3 is 2.38 bits per heavy atom. The zero-order chi connectivity index (χ0) is 15.6. The minimum absolute atomic E-state index is 0.102. The van der Waals surface area contributed by atoms with Gasteiger partial charge >= 0.3 is 12.0 Å². The number of carbonyl (C=O) groups is 2. The first-order chi connectivity index (χ1) is 9.78. The fourth-order valence-corrected chi connectivity index (χ4v) is 3.62. The van der Waals surface area contributed by atoms with Crippen molar-refractivity contribution in [1.82, 2.24) is 15.1 Å². The Morgan fingerprint density at radius 1 is 1.29 bits per heavy atom. The lowest BCUT2D eigenvalue weighted by Crippen LogP contribution is -2.56. The highest BCUT2D eigenvalue weighted by atomic mass is 32.2. The summed E-state index contributed by atoms with van der Waals surface area (Å²) in [4.78, 5) is 26.3. The Balaban J connectivity index is 1.81. The third-order valence-electron chi connectivity index (χ3n) is 3.75. The number of hydrogen-bond acceptors (Lipinski definition) is 5. The van der Waals surface area contributed by atoms with Crippen molar-refractivity contribution in [3.63, 3.8) is 0 Å². The van der Waals surface area contributed by atoms with Gasteiger partial charge in [0.25, 0.3) is 0 Å². The van der Waals surface area contributed by atoms with Gasteiger partial charge in [-0.15, -0.1) is 0 Å². The maximum Gasteiger partial charge on any atom is 0.320 e. The molecule has 0 aromatic rings. The number of rotatable bonds is 3. The molecule has 8 nitrogen and oxygen atoms in total. The highest BCUT2D eigenvalue weighted by Crippen LogP contribution is 2.10. The van der Waals surface area contributed by atoms with Gasteiger partial charge in [-0.2, -0.15) is 0 Å². The van der Waals surface area contributed by atoms with E-state index in [1.807, 2.05) is 0 Å². The van der Waals surface area contributed by atoms with Gasteiger partial charge in [0.2, 0.25) is 0 Å². The quantitative estimate of drug-likeness (QED) is 0.698. The normalized spacial score (nSPS) is 26.5. The Kier molecular flexibility index (Phi) is 4.52. The second-order valence-electron chi connectivity index (χ2n) is 5.25. The number of sulfone groups is 1. The van der Waals surface area contributed by atoms with Crippen molar-refractivity contribution in [2.75, 3.05) is 31.9 Å². The molecule has 2 atom stereocenters. The Bertz CT molecular complexity index is 551. The predicted molar refractivity (Wildman–Crippen MR) is 75.5 cm³/mol. The van der Waals surface area contributed by atoms with E-state index in [9.17, 15) is 18.0 Å². The van der Waals surface area contributed by atoms with Crippen molar-refractivity contribution >= 4 is 21.8 Å². The number of urea groups is 1. The summed E-state index contributed by atoms with van der Waals surface area (Å²) in [5.74, 6) is -0.983. The molecule has 0 radical (unpaired) electrons. The van der Waals surface area contributed by atoms with Crippen LogP contribution in [0.25, 0.3) is 0 Å². The van der Waals surface area contributed by atoms with Crippen molar-refractivity contribution < 1.29 is 23.1 Å². The third-order valence-corrected chi connectivity index (χ3v) is 5.14. The van der Waals surface area contributed by atoms with Crippen LogP contribution in [0, 0.1) is 0 Å². The fourth-order valence-electron chi connectivity index (χ4n) is 2.38. The van der Waals surface area contributed by atoms with Gasteiger partial charge in [-0.3, -0.25) is 9.69 Å². The molecule has 1 fully saturated rings. The number of piperazine rings is 1. The first-order valence-corrected chi connectivity index (χ1v) is 8.43. The molecule has 2 aliphatic heterocycles. The van der Waals surface area contributed by atoms with Gasteiger partial charge in [0.05, 0.1) is 11.8 Å².